The fraction of sp³-hybridized carbons (Fsp3) is 0.133. The highest BCUT2D eigenvalue weighted by Crippen LogP contribution is 2.16. The summed E-state index contributed by atoms with van der Waals surface area (Å²) in [5.74, 6) is 0.0157. The molecule has 0 amide bonds. The van der Waals surface area contributed by atoms with E-state index in [2.05, 4.69) is 10.1 Å². The van der Waals surface area contributed by atoms with Gasteiger partial charge in [0.25, 0.3) is 0 Å². The quantitative estimate of drug-likeness (QED) is 0.737. The van der Waals surface area contributed by atoms with Gasteiger partial charge in [0.2, 0.25) is 0 Å². The minimum absolute atomic E-state index is 0.0419. The van der Waals surface area contributed by atoms with E-state index in [1.807, 2.05) is 30.3 Å². The molecule has 0 unspecified atom stereocenters. The first-order valence-electron chi connectivity index (χ1n) is 6.49. The second-order valence-electron chi connectivity index (χ2n) is 4.59. The Bertz CT molecular complexity index is 777. The van der Waals surface area contributed by atoms with Gasteiger partial charge in [-0.1, -0.05) is 18.2 Å². The van der Waals surface area contributed by atoms with Crippen molar-refractivity contribution in [1.29, 1.82) is 0 Å². The van der Waals surface area contributed by atoms with E-state index in [4.69, 9.17) is 10.5 Å². The van der Waals surface area contributed by atoms with Gasteiger partial charge < -0.3 is 10.5 Å². The summed E-state index contributed by atoms with van der Waals surface area (Å²) in [5.41, 5.74) is 7.30. The summed E-state index contributed by atoms with van der Waals surface area (Å²) >= 11 is 0. The summed E-state index contributed by atoms with van der Waals surface area (Å²) < 4.78 is 6.73. The van der Waals surface area contributed by atoms with Crippen molar-refractivity contribution in [3.8, 4) is 0 Å². The summed E-state index contributed by atoms with van der Waals surface area (Å²) in [6.07, 6.45) is 3.35. The lowest BCUT2D eigenvalue weighted by molar-refractivity contribution is -0.145. The highest BCUT2D eigenvalue weighted by atomic mass is 16.5. The number of para-hydroxylation sites is 1. The Morgan fingerprint density at radius 1 is 1.24 bits per heavy atom. The van der Waals surface area contributed by atoms with Crippen molar-refractivity contribution in [2.24, 2.45) is 0 Å². The van der Waals surface area contributed by atoms with Crippen LogP contribution < -0.4 is 5.73 Å². The van der Waals surface area contributed by atoms with E-state index in [0.717, 1.165) is 16.5 Å². The molecule has 2 heterocycles. The average Bonchev–Trinajstić information content (AvgIpc) is 2.90. The summed E-state index contributed by atoms with van der Waals surface area (Å²) in [7, 11) is 0. The maximum Gasteiger partial charge on any atom is 0.328 e. The SMILES string of the molecule is Nc1ccn(CC(=O)OCc2ccnc3ccccc23)n1. The van der Waals surface area contributed by atoms with Crippen LogP contribution in [0.5, 0.6) is 0 Å². The third-order valence-corrected chi connectivity index (χ3v) is 3.08. The van der Waals surface area contributed by atoms with Gasteiger partial charge in [-0.05, 0) is 18.2 Å². The van der Waals surface area contributed by atoms with Crippen molar-refractivity contribution in [3.63, 3.8) is 0 Å². The van der Waals surface area contributed by atoms with Crippen LogP contribution in [-0.2, 0) is 22.7 Å². The molecule has 2 aromatic heterocycles. The van der Waals surface area contributed by atoms with E-state index in [1.54, 1.807) is 18.5 Å². The molecule has 1 aromatic carbocycles. The molecule has 6 nitrogen and oxygen atoms in total. The van der Waals surface area contributed by atoms with E-state index in [0.29, 0.717) is 5.82 Å². The van der Waals surface area contributed by atoms with Gasteiger partial charge in [0, 0.05) is 23.3 Å². The van der Waals surface area contributed by atoms with Gasteiger partial charge in [0.05, 0.1) is 5.52 Å². The van der Waals surface area contributed by atoms with Crippen molar-refractivity contribution in [2.75, 3.05) is 5.73 Å². The predicted molar refractivity (Wildman–Crippen MR) is 78.2 cm³/mol. The first kappa shape index (κ1) is 13.1. The Balaban J connectivity index is 1.67. The van der Waals surface area contributed by atoms with Crippen LogP contribution in [0.4, 0.5) is 5.82 Å². The lowest BCUT2D eigenvalue weighted by atomic mass is 10.1. The third-order valence-electron chi connectivity index (χ3n) is 3.08. The third kappa shape index (κ3) is 3.00. The molecule has 0 bridgehead atoms. The first-order chi connectivity index (χ1) is 10.2. The number of hydrogen-bond donors (Lipinski definition) is 1. The molecule has 3 aromatic rings. The number of aromatic nitrogens is 3. The number of nitrogens with zero attached hydrogens (tertiary/aromatic N) is 3. The van der Waals surface area contributed by atoms with Crippen LogP contribution in [0.3, 0.4) is 0 Å². The lowest BCUT2D eigenvalue weighted by Crippen LogP contribution is -2.14. The molecule has 106 valence electrons. The fourth-order valence-electron chi connectivity index (χ4n) is 2.08. The fourth-order valence-corrected chi connectivity index (χ4v) is 2.08. The largest absolute Gasteiger partial charge is 0.459 e. The molecule has 0 radical (unpaired) electrons. The van der Waals surface area contributed by atoms with Crippen LogP contribution in [0.25, 0.3) is 10.9 Å². The summed E-state index contributed by atoms with van der Waals surface area (Å²) in [5, 5.41) is 4.92. The van der Waals surface area contributed by atoms with Crippen LogP contribution >= 0.6 is 0 Å². The number of nitrogens with two attached hydrogens (primary N) is 1. The monoisotopic (exact) mass is 282 g/mol. The van der Waals surface area contributed by atoms with Crippen molar-refractivity contribution < 1.29 is 9.53 Å². The Labute approximate surface area is 121 Å². The Morgan fingerprint density at radius 3 is 2.90 bits per heavy atom. The number of fused-ring (bicyclic) bond motifs is 1. The molecule has 0 aliphatic heterocycles. The van der Waals surface area contributed by atoms with E-state index >= 15 is 0 Å². The molecule has 0 aliphatic carbocycles. The number of anilines is 1. The van der Waals surface area contributed by atoms with Crippen molar-refractivity contribution >= 4 is 22.7 Å². The molecule has 0 saturated carbocycles. The van der Waals surface area contributed by atoms with Crippen molar-refractivity contribution in [2.45, 2.75) is 13.2 Å². The minimum Gasteiger partial charge on any atom is -0.459 e. The maximum atomic E-state index is 11.8. The van der Waals surface area contributed by atoms with Crippen LogP contribution in [-0.4, -0.2) is 20.7 Å². The van der Waals surface area contributed by atoms with Gasteiger partial charge in [0.1, 0.15) is 19.0 Å². The second-order valence-corrected chi connectivity index (χ2v) is 4.59. The number of carbonyl (C=O) groups excluding carboxylic acids is 1. The van der Waals surface area contributed by atoms with Gasteiger partial charge in [0.15, 0.2) is 0 Å². The normalized spacial score (nSPS) is 10.7. The van der Waals surface area contributed by atoms with Crippen LogP contribution in [0.15, 0.2) is 48.8 Å². The molecule has 21 heavy (non-hydrogen) atoms. The number of nitrogen functional groups attached to an aromatic ring is 1. The Hall–Kier alpha value is -2.89. The number of rotatable bonds is 4. The number of esters is 1. The highest BCUT2D eigenvalue weighted by molar-refractivity contribution is 5.82. The standard InChI is InChI=1S/C15H14N4O2/c16-14-6-8-19(18-14)9-15(20)21-10-11-5-7-17-13-4-2-1-3-12(11)13/h1-8H,9-10H2,(H2,16,18). The van der Waals surface area contributed by atoms with Gasteiger partial charge in [-0.25, -0.2) is 0 Å². The highest BCUT2D eigenvalue weighted by Gasteiger charge is 2.08. The number of hydrogen-bond acceptors (Lipinski definition) is 5. The number of carbonyl (C=O) groups is 1. The van der Waals surface area contributed by atoms with Gasteiger partial charge in [-0.2, -0.15) is 5.10 Å². The summed E-state index contributed by atoms with van der Waals surface area (Å²) in [6, 6.07) is 11.2. The maximum absolute atomic E-state index is 11.8. The number of pyridine rings is 1. The lowest BCUT2D eigenvalue weighted by Gasteiger charge is -2.07. The van der Waals surface area contributed by atoms with E-state index in [-0.39, 0.29) is 19.1 Å². The number of benzene rings is 1. The van der Waals surface area contributed by atoms with Crippen LogP contribution in [0.1, 0.15) is 5.56 Å². The molecule has 0 atom stereocenters. The van der Waals surface area contributed by atoms with E-state index in [1.165, 1.54) is 4.68 Å². The van der Waals surface area contributed by atoms with Crippen molar-refractivity contribution in [3.05, 3.63) is 54.4 Å². The molecule has 0 aliphatic rings. The minimum atomic E-state index is -0.362. The predicted octanol–water partition coefficient (Wildman–Crippen LogP) is 1.76. The zero-order valence-corrected chi connectivity index (χ0v) is 11.3. The zero-order chi connectivity index (χ0) is 14.7. The molecule has 0 fully saturated rings. The van der Waals surface area contributed by atoms with Gasteiger partial charge in [-0.3, -0.25) is 14.5 Å². The zero-order valence-electron chi connectivity index (χ0n) is 11.3. The number of ether oxygens (including phenoxy) is 1. The van der Waals surface area contributed by atoms with Crippen LogP contribution in [0, 0.1) is 0 Å². The molecule has 2 N–H and O–H groups in total. The molecular weight excluding hydrogens is 268 g/mol. The second kappa shape index (κ2) is 5.62. The topological polar surface area (TPSA) is 83.0 Å². The molecule has 0 saturated heterocycles. The summed E-state index contributed by atoms with van der Waals surface area (Å²) in [6.45, 7) is 0.249. The van der Waals surface area contributed by atoms with Crippen LogP contribution in [0.2, 0.25) is 0 Å². The molecule has 0 spiro atoms. The van der Waals surface area contributed by atoms with Gasteiger partial charge in [-0.15, -0.1) is 0 Å². The van der Waals surface area contributed by atoms with Gasteiger partial charge >= 0.3 is 5.97 Å². The first-order valence-corrected chi connectivity index (χ1v) is 6.49. The van der Waals surface area contributed by atoms with E-state index in [9.17, 15) is 4.79 Å². The average molecular weight is 282 g/mol. The molecular formula is C15H14N4O2. The summed E-state index contributed by atoms with van der Waals surface area (Å²) in [4.78, 5) is 16.1. The Kier molecular flexibility index (Phi) is 3.51. The van der Waals surface area contributed by atoms with Crippen molar-refractivity contribution in [1.82, 2.24) is 14.8 Å². The van der Waals surface area contributed by atoms with E-state index < -0.39 is 0 Å². The molecule has 3 rings (SSSR count). The smallest absolute Gasteiger partial charge is 0.328 e. The Morgan fingerprint density at radius 2 is 2.10 bits per heavy atom. The molecule has 6 heteroatoms.